The second kappa shape index (κ2) is 9.22. The fraction of sp³-hybridized carbons (Fsp3) is 0.217. The van der Waals surface area contributed by atoms with Crippen LogP contribution in [-0.4, -0.2) is 51.7 Å². The number of nitrogens with one attached hydrogen (secondary N) is 1. The molecule has 3 heterocycles. The average molecular weight is 417 g/mol. The van der Waals surface area contributed by atoms with E-state index < -0.39 is 5.82 Å². The Morgan fingerprint density at radius 3 is 3.13 bits per heavy atom. The van der Waals surface area contributed by atoms with E-state index in [9.17, 15) is 9.18 Å². The number of aromatic nitrogens is 3. The number of rotatable bonds is 5. The molecule has 0 saturated carbocycles. The van der Waals surface area contributed by atoms with Crippen LogP contribution in [0.15, 0.2) is 54.3 Å². The first-order valence-electron chi connectivity index (χ1n) is 9.79. The minimum atomic E-state index is -0.424. The van der Waals surface area contributed by atoms with Gasteiger partial charge in [0.15, 0.2) is 17.4 Å². The first-order valence-corrected chi connectivity index (χ1v) is 9.79. The maximum atomic E-state index is 13.6. The fourth-order valence-electron chi connectivity index (χ4n) is 3.32. The number of hydrogen-bond donors (Lipinski definition) is 1. The number of ether oxygens (including phenoxy) is 1. The molecule has 1 aromatic carbocycles. The lowest BCUT2D eigenvalue weighted by Crippen LogP contribution is -2.26. The monoisotopic (exact) mass is 417 g/mol. The molecule has 1 amide bonds. The molecule has 0 radical (unpaired) electrons. The lowest BCUT2D eigenvalue weighted by Gasteiger charge is -2.12. The molecular weight excluding hydrogens is 397 g/mol. The first kappa shape index (κ1) is 20.3. The van der Waals surface area contributed by atoms with E-state index in [0.717, 1.165) is 11.8 Å². The molecule has 0 aliphatic carbocycles. The summed E-state index contributed by atoms with van der Waals surface area (Å²) in [6, 6.07) is 8.01. The summed E-state index contributed by atoms with van der Waals surface area (Å²) < 4.78 is 18.9. The summed E-state index contributed by atoms with van der Waals surface area (Å²) in [5.41, 5.74) is 1.25. The molecule has 2 aromatic heterocycles. The number of benzene rings is 1. The van der Waals surface area contributed by atoms with Crippen LogP contribution in [0.1, 0.15) is 12.1 Å². The molecule has 1 atom stereocenters. The van der Waals surface area contributed by atoms with Crippen molar-refractivity contribution in [3.05, 3.63) is 60.8 Å². The molecule has 31 heavy (non-hydrogen) atoms. The van der Waals surface area contributed by atoms with Crippen molar-refractivity contribution in [2.24, 2.45) is 10.9 Å². The van der Waals surface area contributed by atoms with Gasteiger partial charge in [-0.3, -0.25) is 4.79 Å². The summed E-state index contributed by atoms with van der Waals surface area (Å²) >= 11 is 0. The molecule has 0 bridgehead atoms. The third-order valence-electron chi connectivity index (χ3n) is 4.88. The summed E-state index contributed by atoms with van der Waals surface area (Å²) in [6.45, 7) is 4.89. The third kappa shape index (κ3) is 4.78. The van der Waals surface area contributed by atoms with Crippen LogP contribution in [0.25, 0.3) is 11.0 Å². The van der Waals surface area contributed by atoms with Crippen LogP contribution in [0.3, 0.4) is 0 Å². The number of likely N-dealkylation sites (tertiary alicyclic amines) is 1. The van der Waals surface area contributed by atoms with Crippen molar-refractivity contribution in [1.29, 1.82) is 0 Å². The number of aliphatic imine (C=N–C) groups is 1. The van der Waals surface area contributed by atoms with Crippen molar-refractivity contribution in [2.75, 3.05) is 19.7 Å². The quantitative estimate of drug-likeness (QED) is 0.392. The molecular formula is C23H20FN5O2. The van der Waals surface area contributed by atoms with Crippen molar-refractivity contribution in [2.45, 2.75) is 6.42 Å². The van der Waals surface area contributed by atoms with E-state index in [1.165, 1.54) is 18.5 Å². The largest absolute Gasteiger partial charge is 0.478 e. The van der Waals surface area contributed by atoms with Crippen LogP contribution in [0.2, 0.25) is 0 Å². The van der Waals surface area contributed by atoms with Crippen LogP contribution in [-0.2, 0) is 4.79 Å². The van der Waals surface area contributed by atoms with Gasteiger partial charge < -0.3 is 14.6 Å². The Morgan fingerprint density at radius 2 is 2.29 bits per heavy atom. The predicted octanol–water partition coefficient (Wildman–Crippen LogP) is 3.26. The van der Waals surface area contributed by atoms with Crippen molar-refractivity contribution in [3.8, 4) is 17.6 Å². The second-order valence-electron chi connectivity index (χ2n) is 6.98. The number of fused-ring (bicyclic) bond motifs is 1. The number of carbonyl (C=O) groups is 1. The van der Waals surface area contributed by atoms with Gasteiger partial charge in [-0.2, -0.15) is 0 Å². The molecule has 8 heteroatoms. The second-order valence-corrected chi connectivity index (χ2v) is 6.98. The summed E-state index contributed by atoms with van der Waals surface area (Å²) in [5, 5.41) is 0.745. The number of aromatic amines is 1. The molecule has 1 saturated heterocycles. The molecule has 4 rings (SSSR count). The van der Waals surface area contributed by atoms with E-state index in [2.05, 4.69) is 38.4 Å². The topological polar surface area (TPSA) is 83.5 Å². The Labute approximate surface area is 178 Å². The van der Waals surface area contributed by atoms with Gasteiger partial charge in [0.25, 0.3) is 0 Å². The molecule has 1 aliphatic heterocycles. The van der Waals surface area contributed by atoms with Gasteiger partial charge in [-0.15, -0.1) is 0 Å². The van der Waals surface area contributed by atoms with Gasteiger partial charge in [0.2, 0.25) is 5.91 Å². The highest BCUT2D eigenvalue weighted by Crippen LogP contribution is 2.23. The van der Waals surface area contributed by atoms with Crippen molar-refractivity contribution in [3.63, 3.8) is 0 Å². The van der Waals surface area contributed by atoms with E-state index in [-0.39, 0.29) is 24.2 Å². The number of nitrogens with zero attached hydrogens (tertiary/aromatic N) is 4. The van der Waals surface area contributed by atoms with Crippen molar-refractivity contribution >= 4 is 29.0 Å². The van der Waals surface area contributed by atoms with E-state index in [1.807, 2.05) is 12.3 Å². The van der Waals surface area contributed by atoms with Gasteiger partial charge >= 0.3 is 0 Å². The normalized spacial score (nSPS) is 15.8. The lowest BCUT2D eigenvalue weighted by atomic mass is 10.1. The maximum absolute atomic E-state index is 13.6. The Morgan fingerprint density at radius 1 is 1.42 bits per heavy atom. The van der Waals surface area contributed by atoms with Gasteiger partial charge in [-0.25, -0.2) is 19.4 Å². The molecule has 1 N–H and O–H groups in total. The zero-order valence-electron chi connectivity index (χ0n) is 16.7. The lowest BCUT2D eigenvalue weighted by molar-refractivity contribution is -0.125. The van der Waals surface area contributed by atoms with Crippen LogP contribution < -0.4 is 4.74 Å². The average Bonchev–Trinajstić information content (AvgIpc) is 3.43. The number of H-pyrrole nitrogens is 1. The number of para-hydroxylation sites is 1. The predicted molar refractivity (Wildman–Crippen MR) is 116 cm³/mol. The van der Waals surface area contributed by atoms with E-state index in [4.69, 9.17) is 4.74 Å². The number of halogens is 1. The zero-order valence-corrected chi connectivity index (χ0v) is 16.7. The van der Waals surface area contributed by atoms with Gasteiger partial charge in [0.05, 0.1) is 11.1 Å². The highest BCUT2D eigenvalue weighted by atomic mass is 19.1. The van der Waals surface area contributed by atoms with Crippen molar-refractivity contribution in [1.82, 2.24) is 19.9 Å². The Balaban J connectivity index is 1.43. The Kier molecular flexibility index (Phi) is 6.03. The summed E-state index contributed by atoms with van der Waals surface area (Å²) in [4.78, 5) is 29.6. The number of hydrogen-bond acceptors (Lipinski definition) is 5. The summed E-state index contributed by atoms with van der Waals surface area (Å²) in [5.74, 6) is 6.18. The fourth-order valence-corrected chi connectivity index (χ4v) is 3.32. The van der Waals surface area contributed by atoms with Gasteiger partial charge in [0, 0.05) is 25.2 Å². The third-order valence-corrected chi connectivity index (χ3v) is 4.88. The number of carbonyl (C=O) groups excluding carboxylic acids is 1. The Bertz CT molecular complexity index is 1210. The number of amides is 1. The molecule has 1 unspecified atom stereocenters. The van der Waals surface area contributed by atoms with Crippen molar-refractivity contribution < 1.29 is 13.9 Å². The van der Waals surface area contributed by atoms with Crippen LogP contribution >= 0.6 is 0 Å². The van der Waals surface area contributed by atoms with Crippen LogP contribution in [0, 0.1) is 23.6 Å². The minimum Gasteiger partial charge on any atom is -0.478 e. The summed E-state index contributed by atoms with van der Waals surface area (Å²) in [6.07, 6.45) is 5.45. The highest BCUT2D eigenvalue weighted by molar-refractivity contribution is 5.89. The van der Waals surface area contributed by atoms with Crippen LogP contribution in [0.4, 0.5) is 10.2 Å². The maximum Gasteiger partial charge on any atom is 0.245 e. The Hall–Kier alpha value is -3.99. The summed E-state index contributed by atoms with van der Waals surface area (Å²) in [7, 11) is 0. The standard InChI is InChI=1S/C23H20FN5O2/c1-2-21(30)29-10-9-16(14-29)13-25-22-18-12-17(28-23(18)27-15-26-22)6-5-11-31-20-8-4-3-7-19(20)24/h2-4,7-8,12-13,15-16H,1,9-11,14H2,(H,26,27,28). The molecule has 1 aliphatic rings. The van der Waals surface area contributed by atoms with Gasteiger partial charge in [-0.05, 0) is 36.6 Å². The molecule has 3 aromatic rings. The molecule has 1 fully saturated rings. The van der Waals surface area contributed by atoms with E-state index >= 15 is 0 Å². The zero-order chi connectivity index (χ0) is 21.6. The van der Waals surface area contributed by atoms with Gasteiger partial charge in [0.1, 0.15) is 18.6 Å². The smallest absolute Gasteiger partial charge is 0.245 e. The van der Waals surface area contributed by atoms with Gasteiger partial charge in [-0.1, -0.05) is 24.6 Å². The highest BCUT2D eigenvalue weighted by Gasteiger charge is 2.23. The minimum absolute atomic E-state index is 0.0502. The molecule has 7 nitrogen and oxygen atoms in total. The molecule has 0 spiro atoms. The van der Waals surface area contributed by atoms with E-state index in [1.54, 1.807) is 23.1 Å². The van der Waals surface area contributed by atoms with Crippen LogP contribution in [0.5, 0.6) is 5.75 Å². The van der Waals surface area contributed by atoms with E-state index in [0.29, 0.717) is 30.2 Å². The molecule has 156 valence electrons. The SMILES string of the molecule is C=CC(=O)N1CCC(C=Nc2ncnc3[nH]c(C#CCOc4ccccc4F)cc23)C1. The first-order chi connectivity index (χ1) is 15.1.